The van der Waals surface area contributed by atoms with E-state index in [1.54, 1.807) is 11.9 Å². The zero-order valence-electron chi connectivity index (χ0n) is 25.8. The number of rotatable bonds is 14. The van der Waals surface area contributed by atoms with Gasteiger partial charge in [0, 0.05) is 30.1 Å². The van der Waals surface area contributed by atoms with Crippen molar-refractivity contribution >= 4 is 29.2 Å². The van der Waals surface area contributed by atoms with Crippen LogP contribution in [0.4, 0.5) is 0 Å². The molecule has 1 aliphatic heterocycles. The molecule has 13 heteroatoms. The van der Waals surface area contributed by atoms with Crippen LogP contribution in [0.1, 0.15) is 78.0 Å². The standard InChI is InChI=1S/C28H38N6O6S.C2H6/c1-4-7-21-23(18-29-36)33(6-3)26-25(21)30-27(31-28(26)35)22-17-20(8-9-24(22)39-15-5-2)41-32-13-10-19(11-14-32)12-16-40-34(37)38;1-2/h8-9,17-19,36H,4-7,10-16H2,1-3H3,(H,30,31,35);1-2H3/b29-18+;. The molecule has 0 saturated carbocycles. The van der Waals surface area contributed by atoms with Crippen LogP contribution in [0.15, 0.2) is 33.0 Å². The van der Waals surface area contributed by atoms with E-state index in [-0.39, 0.29) is 12.2 Å². The predicted molar refractivity (Wildman–Crippen MR) is 170 cm³/mol. The van der Waals surface area contributed by atoms with Gasteiger partial charge < -0.3 is 24.3 Å². The fourth-order valence-electron chi connectivity index (χ4n) is 5.31. The van der Waals surface area contributed by atoms with Crippen LogP contribution >= 0.6 is 11.9 Å². The summed E-state index contributed by atoms with van der Waals surface area (Å²) < 4.78 is 10.2. The summed E-state index contributed by atoms with van der Waals surface area (Å²) in [5, 5.41) is 22.3. The van der Waals surface area contributed by atoms with E-state index >= 15 is 0 Å². The number of nitrogens with zero attached hydrogens (tertiary/aromatic N) is 5. The number of piperidine rings is 1. The van der Waals surface area contributed by atoms with Crippen molar-refractivity contribution in [2.75, 3.05) is 26.3 Å². The number of hydrogen-bond donors (Lipinski definition) is 2. The van der Waals surface area contributed by atoms with Gasteiger partial charge in [0.05, 0.1) is 30.7 Å². The first-order chi connectivity index (χ1) is 20.9. The van der Waals surface area contributed by atoms with Gasteiger partial charge in [0.1, 0.15) is 22.6 Å². The Morgan fingerprint density at radius 2 is 1.95 bits per heavy atom. The maximum Gasteiger partial charge on any atom is 0.294 e. The number of hydrogen-bond acceptors (Lipinski definition) is 10. The van der Waals surface area contributed by atoms with Gasteiger partial charge in [-0.15, -0.1) is 10.1 Å². The third-order valence-corrected chi connectivity index (χ3v) is 8.33. The number of aromatic amines is 1. The van der Waals surface area contributed by atoms with Crippen LogP contribution < -0.4 is 10.3 Å². The second kappa shape index (κ2) is 16.9. The second-order valence-corrected chi connectivity index (χ2v) is 11.2. The van der Waals surface area contributed by atoms with Crippen molar-refractivity contribution in [2.45, 2.75) is 84.6 Å². The number of ether oxygens (including phenoxy) is 1. The molecule has 236 valence electrons. The Morgan fingerprint density at radius 3 is 2.58 bits per heavy atom. The first kappa shape index (κ1) is 33.9. The van der Waals surface area contributed by atoms with Crippen LogP contribution in [-0.2, 0) is 17.8 Å². The molecule has 0 amide bonds. The van der Waals surface area contributed by atoms with Gasteiger partial charge in [-0.3, -0.25) is 4.79 Å². The number of aryl methyl sites for hydroxylation is 2. The lowest BCUT2D eigenvalue weighted by Gasteiger charge is -2.30. The van der Waals surface area contributed by atoms with Crippen molar-refractivity contribution in [3.63, 3.8) is 0 Å². The molecule has 0 spiro atoms. The predicted octanol–water partition coefficient (Wildman–Crippen LogP) is 6.30. The Bertz CT molecular complexity index is 1430. The van der Waals surface area contributed by atoms with E-state index in [1.807, 2.05) is 50.5 Å². The van der Waals surface area contributed by atoms with E-state index in [4.69, 9.17) is 9.72 Å². The maximum absolute atomic E-state index is 13.5. The van der Waals surface area contributed by atoms with Gasteiger partial charge in [0.25, 0.3) is 10.6 Å². The molecular weight excluding hydrogens is 572 g/mol. The lowest BCUT2D eigenvalue weighted by molar-refractivity contribution is -0.758. The maximum atomic E-state index is 13.5. The number of oxime groups is 1. The molecule has 43 heavy (non-hydrogen) atoms. The van der Waals surface area contributed by atoms with E-state index in [9.17, 15) is 20.1 Å². The normalized spacial score (nSPS) is 14.2. The zero-order valence-corrected chi connectivity index (χ0v) is 26.6. The summed E-state index contributed by atoms with van der Waals surface area (Å²) in [6.07, 6.45) is 6.31. The van der Waals surface area contributed by atoms with E-state index in [2.05, 4.69) is 26.2 Å². The molecule has 0 aliphatic carbocycles. The lowest BCUT2D eigenvalue weighted by atomic mass is 9.95. The molecule has 3 aromatic rings. The van der Waals surface area contributed by atoms with Crippen molar-refractivity contribution in [3.05, 3.63) is 49.9 Å². The summed E-state index contributed by atoms with van der Waals surface area (Å²) in [7, 11) is 0. The van der Waals surface area contributed by atoms with Gasteiger partial charge in [-0.2, -0.15) is 0 Å². The fourth-order valence-corrected chi connectivity index (χ4v) is 6.30. The van der Waals surface area contributed by atoms with E-state index < -0.39 is 5.09 Å². The highest BCUT2D eigenvalue weighted by atomic mass is 32.2. The minimum absolute atomic E-state index is 0.138. The van der Waals surface area contributed by atoms with Crippen LogP contribution in [0.5, 0.6) is 5.75 Å². The average Bonchev–Trinajstić information content (AvgIpc) is 3.31. The molecular formula is C30H44N6O6S. The topological polar surface area (TPSA) is 148 Å². The Balaban J connectivity index is 0.00000248. The Labute approximate surface area is 256 Å². The Kier molecular flexibility index (Phi) is 13.3. The van der Waals surface area contributed by atoms with Crippen LogP contribution in [0.25, 0.3) is 22.4 Å². The number of aromatic nitrogens is 3. The summed E-state index contributed by atoms with van der Waals surface area (Å²) in [4.78, 5) is 37.3. The summed E-state index contributed by atoms with van der Waals surface area (Å²) in [5.41, 5.74) is 3.07. The van der Waals surface area contributed by atoms with Crippen LogP contribution in [0.2, 0.25) is 0 Å². The minimum Gasteiger partial charge on any atom is -0.493 e. The molecule has 12 nitrogen and oxygen atoms in total. The number of H-pyrrole nitrogens is 1. The van der Waals surface area contributed by atoms with Crippen LogP contribution in [-0.4, -0.2) is 61.7 Å². The van der Waals surface area contributed by atoms with Crippen LogP contribution in [0.3, 0.4) is 0 Å². The summed E-state index contributed by atoms with van der Waals surface area (Å²) >= 11 is 1.64. The monoisotopic (exact) mass is 616 g/mol. The Morgan fingerprint density at radius 1 is 1.21 bits per heavy atom. The molecule has 2 N–H and O–H groups in total. The SMILES string of the molecule is CC.CCCOc1ccc(SN2CCC(CCO[N+](=O)[O-])CC2)cc1-c1nc2c(CCC)c(/C=N/O)n(CC)c2c(=O)[nH]1. The molecule has 0 unspecified atom stereocenters. The average molecular weight is 617 g/mol. The largest absolute Gasteiger partial charge is 0.493 e. The van der Waals surface area contributed by atoms with Gasteiger partial charge >= 0.3 is 0 Å². The van der Waals surface area contributed by atoms with E-state index in [1.165, 1.54) is 6.21 Å². The molecule has 2 aromatic heterocycles. The first-order valence-corrected chi connectivity index (χ1v) is 16.0. The highest BCUT2D eigenvalue weighted by Gasteiger charge is 2.23. The quantitative estimate of drug-likeness (QED) is 0.0699. The summed E-state index contributed by atoms with van der Waals surface area (Å²) in [6.45, 7) is 13.0. The fraction of sp³-hybridized carbons (Fsp3) is 0.567. The van der Waals surface area contributed by atoms with Gasteiger partial charge in [0.15, 0.2) is 0 Å². The summed E-state index contributed by atoms with van der Waals surface area (Å²) in [6, 6.07) is 5.94. The van der Waals surface area contributed by atoms with Crippen molar-refractivity contribution in [2.24, 2.45) is 11.1 Å². The molecule has 1 saturated heterocycles. The third kappa shape index (κ3) is 8.50. The molecule has 1 aliphatic rings. The van der Waals surface area contributed by atoms with Crippen molar-refractivity contribution in [3.8, 4) is 17.1 Å². The van der Waals surface area contributed by atoms with Gasteiger partial charge in [-0.25, -0.2) is 9.29 Å². The minimum atomic E-state index is -0.734. The van der Waals surface area contributed by atoms with E-state index in [0.29, 0.717) is 65.8 Å². The lowest BCUT2D eigenvalue weighted by Crippen LogP contribution is -2.29. The van der Waals surface area contributed by atoms with Gasteiger partial charge in [0.2, 0.25) is 0 Å². The molecule has 0 atom stereocenters. The molecule has 0 radical (unpaired) electrons. The van der Waals surface area contributed by atoms with Crippen molar-refractivity contribution in [1.29, 1.82) is 0 Å². The first-order valence-electron chi connectivity index (χ1n) is 15.2. The molecule has 3 heterocycles. The number of fused-ring (bicyclic) bond motifs is 1. The number of benzene rings is 1. The zero-order chi connectivity index (χ0) is 31.4. The third-order valence-electron chi connectivity index (χ3n) is 7.25. The molecule has 1 aromatic carbocycles. The smallest absolute Gasteiger partial charge is 0.294 e. The van der Waals surface area contributed by atoms with Crippen LogP contribution in [0, 0.1) is 16.0 Å². The number of nitrogens with one attached hydrogen (secondary N) is 1. The van der Waals surface area contributed by atoms with E-state index in [0.717, 1.165) is 49.2 Å². The van der Waals surface area contributed by atoms with Crippen molar-refractivity contribution in [1.82, 2.24) is 18.8 Å². The second-order valence-electron chi connectivity index (χ2n) is 10.0. The van der Waals surface area contributed by atoms with Gasteiger partial charge in [-0.05, 0) is 75.1 Å². The highest BCUT2D eigenvalue weighted by molar-refractivity contribution is 7.97. The Hall–Kier alpha value is -3.58. The highest BCUT2D eigenvalue weighted by Crippen LogP contribution is 2.36. The van der Waals surface area contributed by atoms with Crippen molar-refractivity contribution < 1.29 is 19.9 Å². The molecule has 1 fully saturated rings. The summed E-state index contributed by atoms with van der Waals surface area (Å²) in [5.74, 6) is 1.48. The molecule has 0 bridgehead atoms. The van der Waals surface area contributed by atoms with Gasteiger partial charge in [-0.1, -0.05) is 39.3 Å². The molecule has 4 rings (SSSR count).